The standard InChI is InChI=1S/C8H4N4O2/c9-4-6-8-5(10-11-6)2-1-3-7(8)12(13)14/h1-3,9H. The van der Waals surface area contributed by atoms with Crippen LogP contribution in [0.5, 0.6) is 0 Å². The van der Waals surface area contributed by atoms with E-state index in [0.29, 0.717) is 5.69 Å². The second kappa shape index (κ2) is 2.86. The van der Waals surface area contributed by atoms with Gasteiger partial charge in [0.05, 0.1) is 4.92 Å². The van der Waals surface area contributed by atoms with E-state index >= 15 is 0 Å². The summed E-state index contributed by atoms with van der Waals surface area (Å²) in [5.74, 6) is 2.02. The smallest absolute Gasteiger partial charge is 0.258 e. The van der Waals surface area contributed by atoms with Gasteiger partial charge in [0.25, 0.3) is 5.69 Å². The third-order valence-electron chi connectivity index (χ3n) is 1.83. The first-order chi connectivity index (χ1) is 6.74. The Bertz CT molecular complexity index is 500. The van der Waals surface area contributed by atoms with E-state index in [2.05, 4.69) is 10.2 Å². The Balaban J connectivity index is 2.76. The minimum absolute atomic E-state index is 0.0951. The average molecular weight is 188 g/mol. The fourth-order valence-electron chi connectivity index (χ4n) is 1.25. The molecule has 0 spiro atoms. The van der Waals surface area contributed by atoms with Crippen LogP contribution in [0.3, 0.4) is 0 Å². The molecule has 1 aliphatic heterocycles. The molecule has 0 saturated carbocycles. The zero-order valence-corrected chi connectivity index (χ0v) is 6.89. The molecule has 0 fully saturated rings. The number of azo groups is 1. The normalized spacial score (nSPS) is 12.4. The Hall–Kier alpha value is -2.33. The topological polar surface area (TPSA) is 91.7 Å². The number of rotatable bonds is 1. The summed E-state index contributed by atoms with van der Waals surface area (Å²) in [6.45, 7) is 0. The number of nitrogens with one attached hydrogen (secondary N) is 1. The molecular weight excluding hydrogens is 184 g/mol. The molecule has 6 heteroatoms. The molecule has 0 aliphatic carbocycles. The van der Waals surface area contributed by atoms with Crippen LogP contribution in [0.25, 0.3) is 5.70 Å². The van der Waals surface area contributed by atoms with Crippen LogP contribution in [0.15, 0.2) is 28.4 Å². The van der Waals surface area contributed by atoms with Crippen LogP contribution in [0.1, 0.15) is 5.56 Å². The lowest BCUT2D eigenvalue weighted by Gasteiger charge is -1.96. The van der Waals surface area contributed by atoms with E-state index in [1.807, 2.05) is 5.87 Å². The number of nitro benzene ring substituents is 1. The van der Waals surface area contributed by atoms with Gasteiger partial charge in [0.2, 0.25) is 0 Å². The molecular formula is C8H4N4O2. The second-order valence-electron chi connectivity index (χ2n) is 2.60. The molecule has 0 aromatic heterocycles. The van der Waals surface area contributed by atoms with Gasteiger partial charge in [0.15, 0.2) is 5.70 Å². The average Bonchev–Trinajstić information content (AvgIpc) is 2.59. The molecule has 1 aromatic carbocycles. The molecule has 1 aromatic rings. The Morgan fingerprint density at radius 3 is 2.86 bits per heavy atom. The minimum atomic E-state index is -0.521. The number of nitrogens with zero attached hydrogens (tertiary/aromatic N) is 3. The van der Waals surface area contributed by atoms with Gasteiger partial charge in [-0.3, -0.25) is 15.5 Å². The molecule has 14 heavy (non-hydrogen) atoms. The molecule has 0 saturated heterocycles. The van der Waals surface area contributed by atoms with E-state index in [1.54, 1.807) is 6.07 Å². The van der Waals surface area contributed by atoms with Crippen LogP contribution in [0.2, 0.25) is 0 Å². The van der Waals surface area contributed by atoms with Crippen molar-refractivity contribution in [2.24, 2.45) is 10.2 Å². The summed E-state index contributed by atoms with van der Waals surface area (Å²) in [6.07, 6.45) is 0. The van der Waals surface area contributed by atoms with Crippen molar-refractivity contribution in [1.29, 1.82) is 5.41 Å². The molecule has 0 radical (unpaired) electrons. The quantitative estimate of drug-likeness (QED) is 0.416. The summed E-state index contributed by atoms with van der Waals surface area (Å²) in [5.41, 5.74) is 0.691. The highest BCUT2D eigenvalue weighted by Gasteiger charge is 2.25. The molecule has 0 unspecified atom stereocenters. The molecule has 6 nitrogen and oxygen atoms in total. The van der Waals surface area contributed by atoms with E-state index in [9.17, 15) is 10.1 Å². The molecule has 0 atom stereocenters. The Labute approximate surface area is 78.3 Å². The molecule has 2 rings (SSSR count). The highest BCUT2D eigenvalue weighted by molar-refractivity contribution is 5.96. The molecule has 1 N–H and O–H groups in total. The molecule has 1 heterocycles. The van der Waals surface area contributed by atoms with Crippen LogP contribution < -0.4 is 0 Å². The number of hydrogen-bond donors (Lipinski definition) is 1. The van der Waals surface area contributed by atoms with Gasteiger partial charge in [-0.25, -0.2) is 0 Å². The van der Waals surface area contributed by atoms with Crippen molar-refractivity contribution in [3.05, 3.63) is 33.9 Å². The monoisotopic (exact) mass is 188 g/mol. The zero-order chi connectivity index (χ0) is 10.1. The Kier molecular flexibility index (Phi) is 1.69. The molecule has 0 amide bonds. The maximum absolute atomic E-state index is 10.6. The van der Waals surface area contributed by atoms with Crippen molar-refractivity contribution in [2.45, 2.75) is 0 Å². The van der Waals surface area contributed by atoms with Crippen molar-refractivity contribution in [3.63, 3.8) is 0 Å². The van der Waals surface area contributed by atoms with Gasteiger partial charge in [-0.2, -0.15) is 0 Å². The third-order valence-corrected chi connectivity index (χ3v) is 1.83. The second-order valence-corrected chi connectivity index (χ2v) is 2.60. The van der Waals surface area contributed by atoms with Crippen molar-refractivity contribution in [3.8, 4) is 0 Å². The maximum Gasteiger partial charge on any atom is 0.281 e. The van der Waals surface area contributed by atoms with Gasteiger partial charge >= 0.3 is 0 Å². The summed E-state index contributed by atoms with van der Waals surface area (Å²) < 4.78 is 0. The van der Waals surface area contributed by atoms with Gasteiger partial charge in [-0.05, 0) is 6.07 Å². The summed E-state index contributed by atoms with van der Waals surface area (Å²) in [7, 11) is 0. The highest BCUT2D eigenvalue weighted by Crippen LogP contribution is 2.39. The third kappa shape index (κ3) is 1.02. The zero-order valence-electron chi connectivity index (χ0n) is 6.89. The minimum Gasteiger partial charge on any atom is -0.258 e. The molecule has 68 valence electrons. The van der Waals surface area contributed by atoms with Gasteiger partial charge in [0, 0.05) is 11.9 Å². The molecule has 1 aliphatic rings. The van der Waals surface area contributed by atoms with Crippen molar-refractivity contribution >= 4 is 22.9 Å². The maximum atomic E-state index is 10.6. The lowest BCUT2D eigenvalue weighted by molar-refractivity contribution is -0.385. The lowest BCUT2D eigenvalue weighted by atomic mass is 10.1. The summed E-state index contributed by atoms with van der Waals surface area (Å²) >= 11 is 0. The van der Waals surface area contributed by atoms with Gasteiger partial charge < -0.3 is 0 Å². The van der Waals surface area contributed by atoms with Crippen molar-refractivity contribution in [1.82, 2.24) is 0 Å². The first-order valence-corrected chi connectivity index (χ1v) is 3.73. The number of benzene rings is 1. The Morgan fingerprint density at radius 2 is 2.21 bits per heavy atom. The summed E-state index contributed by atoms with van der Waals surface area (Å²) in [6, 6.07) is 4.49. The lowest BCUT2D eigenvalue weighted by Crippen LogP contribution is -1.92. The van der Waals surface area contributed by atoms with Crippen molar-refractivity contribution < 1.29 is 4.92 Å². The van der Waals surface area contributed by atoms with Crippen LogP contribution >= 0.6 is 0 Å². The predicted octanol–water partition coefficient (Wildman–Crippen LogP) is 2.28. The summed E-state index contributed by atoms with van der Waals surface area (Å²) in [4.78, 5) is 10.1. The van der Waals surface area contributed by atoms with Crippen LogP contribution in [0, 0.1) is 15.5 Å². The summed E-state index contributed by atoms with van der Waals surface area (Å²) in [5, 5.41) is 24.8. The van der Waals surface area contributed by atoms with E-state index in [4.69, 9.17) is 5.41 Å². The fraction of sp³-hybridized carbons (Fsp3) is 0. The highest BCUT2D eigenvalue weighted by atomic mass is 16.6. The van der Waals surface area contributed by atoms with Gasteiger partial charge in [-0.1, -0.05) is 6.07 Å². The van der Waals surface area contributed by atoms with E-state index < -0.39 is 4.92 Å². The molecule has 0 bridgehead atoms. The first-order valence-electron chi connectivity index (χ1n) is 3.73. The van der Waals surface area contributed by atoms with Gasteiger partial charge in [-0.15, -0.1) is 10.2 Å². The fourth-order valence-corrected chi connectivity index (χ4v) is 1.25. The van der Waals surface area contributed by atoms with E-state index in [0.717, 1.165) is 0 Å². The first kappa shape index (κ1) is 8.28. The van der Waals surface area contributed by atoms with E-state index in [1.165, 1.54) is 12.1 Å². The number of fused-ring (bicyclic) bond motifs is 1. The predicted molar refractivity (Wildman–Crippen MR) is 48.7 cm³/mol. The largest absolute Gasteiger partial charge is 0.281 e. The van der Waals surface area contributed by atoms with Gasteiger partial charge in [0.1, 0.15) is 11.3 Å². The van der Waals surface area contributed by atoms with Crippen LogP contribution in [0.4, 0.5) is 11.4 Å². The SMILES string of the molecule is N=C=C1N=Nc2cccc([N+](=O)[O-])c21. The van der Waals surface area contributed by atoms with E-state index in [-0.39, 0.29) is 16.9 Å². The number of hydrogen-bond acceptors (Lipinski definition) is 5. The van der Waals surface area contributed by atoms with Crippen LogP contribution in [-0.2, 0) is 0 Å². The van der Waals surface area contributed by atoms with Crippen LogP contribution in [-0.4, -0.2) is 10.8 Å². The number of nitro groups is 1. The van der Waals surface area contributed by atoms with Crippen molar-refractivity contribution in [2.75, 3.05) is 0 Å². The Morgan fingerprint density at radius 1 is 1.43 bits per heavy atom.